The number of aromatic nitrogens is 3. The lowest BCUT2D eigenvalue weighted by molar-refractivity contribution is 0.330. The van der Waals surface area contributed by atoms with Crippen molar-refractivity contribution < 1.29 is 0 Å². The quantitative estimate of drug-likeness (QED) is 0.838. The molecule has 1 N–H and O–H groups in total. The third kappa shape index (κ3) is 2.77. The SMILES string of the molecule is CCN1CCC(Cn2c(C(C)C)n[nH]c2=S)C1. The Morgan fingerprint density at radius 3 is 2.88 bits per heavy atom. The standard InChI is InChI=1S/C12H22N4S/c1-4-15-6-5-10(7-15)8-16-11(9(2)3)13-14-12(16)17/h9-10H,4-8H2,1-3H3,(H,14,17). The van der Waals surface area contributed by atoms with Crippen LogP contribution in [0.25, 0.3) is 0 Å². The molecule has 4 nitrogen and oxygen atoms in total. The molecular formula is C12H22N4S. The summed E-state index contributed by atoms with van der Waals surface area (Å²) in [7, 11) is 0. The Labute approximate surface area is 108 Å². The Morgan fingerprint density at radius 1 is 1.53 bits per heavy atom. The molecule has 0 amide bonds. The summed E-state index contributed by atoms with van der Waals surface area (Å²) in [5.74, 6) is 2.23. The Bertz CT molecular complexity index is 420. The maximum atomic E-state index is 5.32. The first-order chi connectivity index (χ1) is 8.11. The van der Waals surface area contributed by atoms with Crippen molar-refractivity contribution in [2.45, 2.75) is 39.7 Å². The van der Waals surface area contributed by atoms with E-state index in [2.05, 4.69) is 40.4 Å². The van der Waals surface area contributed by atoms with Crippen LogP contribution in [0.5, 0.6) is 0 Å². The molecule has 0 saturated carbocycles. The highest BCUT2D eigenvalue weighted by atomic mass is 32.1. The molecule has 1 unspecified atom stereocenters. The summed E-state index contributed by atoms with van der Waals surface area (Å²) < 4.78 is 2.95. The molecule has 1 aliphatic heterocycles. The Kier molecular flexibility index (Phi) is 3.99. The molecule has 0 aliphatic carbocycles. The fourth-order valence-corrected chi connectivity index (χ4v) is 2.77. The van der Waals surface area contributed by atoms with Crippen LogP contribution < -0.4 is 0 Å². The minimum Gasteiger partial charge on any atom is -0.304 e. The third-order valence-electron chi connectivity index (χ3n) is 3.56. The summed E-state index contributed by atoms with van der Waals surface area (Å²) in [6.45, 7) is 11.1. The molecule has 2 heterocycles. The molecule has 0 radical (unpaired) electrons. The number of H-pyrrole nitrogens is 1. The topological polar surface area (TPSA) is 36.9 Å². The van der Waals surface area contributed by atoms with Crippen LogP contribution in [-0.4, -0.2) is 39.3 Å². The molecule has 1 saturated heterocycles. The van der Waals surface area contributed by atoms with Crippen molar-refractivity contribution in [3.8, 4) is 0 Å². The van der Waals surface area contributed by atoms with Crippen LogP contribution in [0.3, 0.4) is 0 Å². The van der Waals surface area contributed by atoms with Gasteiger partial charge in [-0.3, -0.25) is 5.10 Å². The first kappa shape index (κ1) is 12.8. The normalized spacial score (nSPS) is 21.5. The van der Waals surface area contributed by atoms with E-state index in [0.29, 0.717) is 5.92 Å². The Hall–Kier alpha value is -0.680. The zero-order valence-corrected chi connectivity index (χ0v) is 11.8. The zero-order chi connectivity index (χ0) is 12.4. The van der Waals surface area contributed by atoms with Crippen molar-refractivity contribution in [2.75, 3.05) is 19.6 Å². The van der Waals surface area contributed by atoms with E-state index < -0.39 is 0 Å². The first-order valence-corrected chi connectivity index (χ1v) is 6.90. The van der Waals surface area contributed by atoms with Gasteiger partial charge in [-0.1, -0.05) is 20.8 Å². The summed E-state index contributed by atoms with van der Waals surface area (Å²) in [6.07, 6.45) is 1.28. The van der Waals surface area contributed by atoms with Gasteiger partial charge < -0.3 is 9.47 Å². The number of nitrogens with one attached hydrogen (secondary N) is 1. The molecule has 1 aliphatic rings. The number of aromatic amines is 1. The highest BCUT2D eigenvalue weighted by Crippen LogP contribution is 2.20. The van der Waals surface area contributed by atoms with E-state index in [1.165, 1.54) is 19.5 Å². The predicted molar refractivity (Wildman–Crippen MR) is 71.7 cm³/mol. The fourth-order valence-electron chi connectivity index (χ4n) is 2.55. The maximum absolute atomic E-state index is 5.32. The molecule has 0 aromatic carbocycles. The van der Waals surface area contributed by atoms with E-state index in [0.717, 1.165) is 29.6 Å². The van der Waals surface area contributed by atoms with Crippen molar-refractivity contribution in [1.29, 1.82) is 0 Å². The van der Waals surface area contributed by atoms with Gasteiger partial charge in [0.25, 0.3) is 0 Å². The molecule has 1 atom stereocenters. The van der Waals surface area contributed by atoms with Gasteiger partial charge in [-0.25, -0.2) is 0 Å². The molecule has 0 spiro atoms. The van der Waals surface area contributed by atoms with Crippen molar-refractivity contribution in [2.24, 2.45) is 5.92 Å². The molecule has 96 valence electrons. The Balaban J connectivity index is 2.09. The molecular weight excluding hydrogens is 232 g/mol. The lowest BCUT2D eigenvalue weighted by Gasteiger charge is -2.15. The minimum absolute atomic E-state index is 0.423. The van der Waals surface area contributed by atoms with Gasteiger partial charge in [0.05, 0.1) is 0 Å². The largest absolute Gasteiger partial charge is 0.304 e. The summed E-state index contributed by atoms with van der Waals surface area (Å²) in [5.41, 5.74) is 0. The molecule has 1 aromatic rings. The highest BCUT2D eigenvalue weighted by molar-refractivity contribution is 7.71. The number of hydrogen-bond acceptors (Lipinski definition) is 3. The highest BCUT2D eigenvalue weighted by Gasteiger charge is 2.23. The minimum atomic E-state index is 0.423. The van der Waals surface area contributed by atoms with Crippen LogP contribution in [0.2, 0.25) is 0 Å². The smallest absolute Gasteiger partial charge is 0.195 e. The molecule has 2 rings (SSSR count). The first-order valence-electron chi connectivity index (χ1n) is 6.49. The van der Waals surface area contributed by atoms with Gasteiger partial charge in [0.15, 0.2) is 4.77 Å². The second kappa shape index (κ2) is 5.31. The van der Waals surface area contributed by atoms with Crippen LogP contribution in [-0.2, 0) is 6.54 Å². The van der Waals surface area contributed by atoms with Crippen LogP contribution in [0.15, 0.2) is 0 Å². The third-order valence-corrected chi connectivity index (χ3v) is 3.87. The average Bonchev–Trinajstić information content (AvgIpc) is 2.87. The number of likely N-dealkylation sites (tertiary alicyclic amines) is 1. The summed E-state index contributed by atoms with van der Waals surface area (Å²) >= 11 is 5.32. The van der Waals surface area contributed by atoms with Crippen molar-refractivity contribution in [3.05, 3.63) is 10.6 Å². The summed E-state index contributed by atoms with van der Waals surface area (Å²) in [5, 5.41) is 7.25. The van der Waals surface area contributed by atoms with Gasteiger partial charge in [0, 0.05) is 19.0 Å². The van der Waals surface area contributed by atoms with Crippen molar-refractivity contribution in [1.82, 2.24) is 19.7 Å². The van der Waals surface area contributed by atoms with E-state index in [4.69, 9.17) is 12.2 Å². The fraction of sp³-hybridized carbons (Fsp3) is 0.833. The molecule has 0 bridgehead atoms. The lowest BCUT2D eigenvalue weighted by atomic mass is 10.1. The maximum Gasteiger partial charge on any atom is 0.195 e. The van der Waals surface area contributed by atoms with Crippen LogP contribution >= 0.6 is 12.2 Å². The molecule has 1 fully saturated rings. The van der Waals surface area contributed by atoms with Gasteiger partial charge in [-0.05, 0) is 37.6 Å². The van der Waals surface area contributed by atoms with Gasteiger partial charge in [0.2, 0.25) is 0 Å². The number of rotatable bonds is 4. The van der Waals surface area contributed by atoms with Crippen LogP contribution in [0, 0.1) is 10.7 Å². The summed E-state index contributed by atoms with van der Waals surface area (Å²) in [4.78, 5) is 2.50. The Morgan fingerprint density at radius 2 is 2.29 bits per heavy atom. The second-order valence-corrected chi connectivity index (χ2v) is 5.59. The number of nitrogens with zero attached hydrogens (tertiary/aromatic N) is 3. The second-order valence-electron chi connectivity index (χ2n) is 5.20. The zero-order valence-electron chi connectivity index (χ0n) is 10.9. The summed E-state index contributed by atoms with van der Waals surface area (Å²) in [6, 6.07) is 0. The van der Waals surface area contributed by atoms with Crippen LogP contribution in [0.1, 0.15) is 38.9 Å². The van der Waals surface area contributed by atoms with E-state index in [1.807, 2.05) is 0 Å². The molecule has 1 aromatic heterocycles. The van der Waals surface area contributed by atoms with E-state index in [1.54, 1.807) is 0 Å². The van der Waals surface area contributed by atoms with Gasteiger partial charge >= 0.3 is 0 Å². The van der Waals surface area contributed by atoms with Gasteiger partial charge in [-0.2, -0.15) is 5.10 Å². The molecule has 5 heteroatoms. The van der Waals surface area contributed by atoms with E-state index >= 15 is 0 Å². The van der Waals surface area contributed by atoms with Crippen LogP contribution in [0.4, 0.5) is 0 Å². The lowest BCUT2D eigenvalue weighted by Crippen LogP contribution is -2.22. The average molecular weight is 254 g/mol. The van der Waals surface area contributed by atoms with Crippen molar-refractivity contribution in [3.63, 3.8) is 0 Å². The monoisotopic (exact) mass is 254 g/mol. The predicted octanol–water partition coefficient (Wildman–Crippen LogP) is 2.41. The van der Waals surface area contributed by atoms with E-state index in [-0.39, 0.29) is 0 Å². The van der Waals surface area contributed by atoms with Gasteiger partial charge in [0.1, 0.15) is 5.82 Å². The van der Waals surface area contributed by atoms with Gasteiger partial charge in [-0.15, -0.1) is 0 Å². The van der Waals surface area contributed by atoms with Crippen molar-refractivity contribution >= 4 is 12.2 Å². The van der Waals surface area contributed by atoms with E-state index in [9.17, 15) is 0 Å². The molecule has 17 heavy (non-hydrogen) atoms. The number of hydrogen-bond donors (Lipinski definition) is 1.